The summed E-state index contributed by atoms with van der Waals surface area (Å²) in [5.41, 5.74) is 0.336. The Hall–Kier alpha value is -1.20. The summed E-state index contributed by atoms with van der Waals surface area (Å²) in [5, 5.41) is 9.15. The van der Waals surface area contributed by atoms with Crippen LogP contribution in [0.25, 0.3) is 6.08 Å². The Balaban J connectivity index is 2.74. The van der Waals surface area contributed by atoms with Gasteiger partial charge in [-0.1, -0.05) is 15.9 Å². The topological polar surface area (TPSA) is 40.5 Å². The molecule has 0 fully saturated rings. The lowest BCUT2D eigenvalue weighted by Crippen LogP contribution is -2.31. The Morgan fingerprint density at radius 2 is 2.28 bits per heavy atom. The fraction of sp³-hybridized carbons (Fsp3) is 0.308. The van der Waals surface area contributed by atoms with Crippen molar-refractivity contribution in [3.8, 4) is 0 Å². The number of carbonyl (C=O) groups excluding carboxylic acids is 1. The molecule has 1 unspecified atom stereocenters. The quantitative estimate of drug-likeness (QED) is 0.867. The number of carbonyl (C=O) groups is 1. The molecule has 1 amide bonds. The minimum atomic E-state index is -0.588. The highest BCUT2D eigenvalue weighted by molar-refractivity contribution is 9.10. The van der Waals surface area contributed by atoms with Gasteiger partial charge in [-0.05, 0) is 31.2 Å². The zero-order valence-corrected chi connectivity index (χ0v) is 11.8. The smallest absolute Gasteiger partial charge is 0.246 e. The summed E-state index contributed by atoms with van der Waals surface area (Å²) in [4.78, 5) is 13.0. The van der Waals surface area contributed by atoms with Crippen molar-refractivity contribution in [1.29, 1.82) is 0 Å². The monoisotopic (exact) mass is 315 g/mol. The SMILES string of the molecule is CC(O)CN(C)C(=O)/C=C/c1cc(Br)ccc1F. The highest BCUT2D eigenvalue weighted by atomic mass is 79.9. The Morgan fingerprint density at radius 3 is 2.89 bits per heavy atom. The molecule has 0 aliphatic rings. The van der Waals surface area contributed by atoms with Gasteiger partial charge >= 0.3 is 0 Å². The van der Waals surface area contributed by atoms with E-state index in [4.69, 9.17) is 5.11 Å². The third kappa shape index (κ3) is 4.58. The zero-order valence-electron chi connectivity index (χ0n) is 10.2. The number of nitrogens with zero attached hydrogens (tertiary/aromatic N) is 1. The van der Waals surface area contributed by atoms with Crippen LogP contribution < -0.4 is 0 Å². The number of hydrogen-bond acceptors (Lipinski definition) is 2. The molecule has 1 N–H and O–H groups in total. The molecule has 0 bridgehead atoms. The lowest BCUT2D eigenvalue weighted by molar-refractivity contribution is -0.125. The van der Waals surface area contributed by atoms with Crippen LogP contribution in [0.15, 0.2) is 28.7 Å². The van der Waals surface area contributed by atoms with Crippen molar-refractivity contribution in [1.82, 2.24) is 4.90 Å². The number of rotatable bonds is 4. The number of aliphatic hydroxyl groups is 1. The minimum absolute atomic E-state index is 0.240. The maximum atomic E-state index is 13.4. The van der Waals surface area contributed by atoms with Crippen molar-refractivity contribution in [2.24, 2.45) is 0 Å². The number of halogens is 2. The van der Waals surface area contributed by atoms with Crippen LogP contribution in [-0.2, 0) is 4.79 Å². The molecular weight excluding hydrogens is 301 g/mol. The molecule has 0 aliphatic heterocycles. The Kier molecular flexibility index (Phi) is 5.50. The molecule has 0 heterocycles. The van der Waals surface area contributed by atoms with Crippen LogP contribution in [0.3, 0.4) is 0 Å². The van der Waals surface area contributed by atoms with Gasteiger partial charge in [-0.3, -0.25) is 4.79 Å². The molecule has 1 atom stereocenters. The molecule has 98 valence electrons. The minimum Gasteiger partial charge on any atom is -0.392 e. The Morgan fingerprint density at radius 1 is 1.61 bits per heavy atom. The van der Waals surface area contributed by atoms with Gasteiger partial charge in [0.1, 0.15) is 5.82 Å². The normalized spacial score (nSPS) is 12.7. The molecular formula is C13H15BrFNO2. The van der Waals surface area contributed by atoms with Gasteiger partial charge in [-0.2, -0.15) is 0 Å². The van der Waals surface area contributed by atoms with E-state index < -0.39 is 6.10 Å². The molecule has 18 heavy (non-hydrogen) atoms. The van der Waals surface area contributed by atoms with E-state index >= 15 is 0 Å². The predicted molar refractivity (Wildman–Crippen MR) is 72.5 cm³/mol. The molecule has 1 rings (SSSR count). The molecule has 0 spiro atoms. The fourth-order valence-corrected chi connectivity index (χ4v) is 1.80. The summed E-state index contributed by atoms with van der Waals surface area (Å²) in [6.07, 6.45) is 2.11. The second-order valence-electron chi connectivity index (χ2n) is 4.07. The summed E-state index contributed by atoms with van der Waals surface area (Å²) < 4.78 is 14.1. The maximum Gasteiger partial charge on any atom is 0.246 e. The number of likely N-dealkylation sites (N-methyl/N-ethyl adjacent to an activating group) is 1. The molecule has 0 aromatic heterocycles. The molecule has 0 saturated heterocycles. The first-order chi connectivity index (χ1) is 8.40. The van der Waals surface area contributed by atoms with Crippen molar-refractivity contribution in [3.63, 3.8) is 0 Å². The zero-order chi connectivity index (χ0) is 13.7. The van der Waals surface area contributed by atoms with Gasteiger partial charge in [-0.15, -0.1) is 0 Å². The molecule has 0 radical (unpaired) electrons. The molecule has 3 nitrogen and oxygen atoms in total. The van der Waals surface area contributed by atoms with Gasteiger partial charge in [-0.25, -0.2) is 4.39 Å². The Bertz CT molecular complexity index is 460. The van der Waals surface area contributed by atoms with Crippen molar-refractivity contribution >= 4 is 27.9 Å². The average molecular weight is 316 g/mol. The molecule has 0 saturated carbocycles. The standard InChI is InChI=1S/C13H15BrFNO2/c1-9(17)8-16(2)13(18)6-3-10-7-11(14)4-5-12(10)15/h3-7,9,17H,8H2,1-2H3/b6-3+. The van der Waals surface area contributed by atoms with Crippen LogP contribution >= 0.6 is 15.9 Å². The molecule has 5 heteroatoms. The maximum absolute atomic E-state index is 13.4. The second-order valence-corrected chi connectivity index (χ2v) is 4.98. The summed E-state index contributed by atoms with van der Waals surface area (Å²) in [7, 11) is 1.58. The first-order valence-electron chi connectivity index (χ1n) is 5.46. The van der Waals surface area contributed by atoms with E-state index in [1.54, 1.807) is 26.1 Å². The highest BCUT2D eigenvalue weighted by Gasteiger charge is 2.08. The number of hydrogen-bond donors (Lipinski definition) is 1. The summed E-state index contributed by atoms with van der Waals surface area (Å²) in [5.74, 6) is -0.671. The lowest BCUT2D eigenvalue weighted by atomic mass is 10.2. The van der Waals surface area contributed by atoms with E-state index in [0.717, 1.165) is 4.47 Å². The van der Waals surface area contributed by atoms with Crippen LogP contribution in [0.4, 0.5) is 4.39 Å². The van der Waals surface area contributed by atoms with Crippen LogP contribution in [0, 0.1) is 5.82 Å². The van der Waals surface area contributed by atoms with Crippen molar-refractivity contribution < 1.29 is 14.3 Å². The van der Waals surface area contributed by atoms with E-state index in [2.05, 4.69) is 15.9 Å². The predicted octanol–water partition coefficient (Wildman–Crippen LogP) is 2.44. The van der Waals surface area contributed by atoms with Crippen LogP contribution in [0.2, 0.25) is 0 Å². The van der Waals surface area contributed by atoms with Crippen molar-refractivity contribution in [2.75, 3.05) is 13.6 Å². The van der Waals surface area contributed by atoms with E-state index in [0.29, 0.717) is 5.56 Å². The van der Waals surface area contributed by atoms with Gasteiger partial charge in [0.2, 0.25) is 5.91 Å². The van der Waals surface area contributed by atoms with Crippen LogP contribution in [0.5, 0.6) is 0 Å². The second kappa shape index (κ2) is 6.66. The third-order valence-corrected chi connectivity index (χ3v) is 2.77. The highest BCUT2D eigenvalue weighted by Crippen LogP contribution is 2.16. The van der Waals surface area contributed by atoms with Gasteiger partial charge < -0.3 is 10.0 Å². The first kappa shape index (κ1) is 14.9. The summed E-state index contributed by atoms with van der Waals surface area (Å²) >= 11 is 3.24. The van der Waals surface area contributed by atoms with Gasteiger partial charge in [0.15, 0.2) is 0 Å². The first-order valence-corrected chi connectivity index (χ1v) is 6.25. The van der Waals surface area contributed by atoms with E-state index in [-0.39, 0.29) is 18.3 Å². The molecule has 1 aromatic carbocycles. The van der Waals surface area contributed by atoms with E-state index in [1.807, 2.05) is 0 Å². The summed E-state index contributed by atoms with van der Waals surface area (Å²) in [6.45, 7) is 1.84. The van der Waals surface area contributed by atoms with Crippen LogP contribution in [0.1, 0.15) is 12.5 Å². The number of benzene rings is 1. The number of amides is 1. The largest absolute Gasteiger partial charge is 0.392 e. The van der Waals surface area contributed by atoms with Crippen molar-refractivity contribution in [2.45, 2.75) is 13.0 Å². The average Bonchev–Trinajstić information content (AvgIpc) is 2.29. The van der Waals surface area contributed by atoms with E-state index in [9.17, 15) is 9.18 Å². The van der Waals surface area contributed by atoms with E-state index in [1.165, 1.54) is 23.1 Å². The molecule has 0 aliphatic carbocycles. The van der Waals surface area contributed by atoms with Gasteiger partial charge in [0, 0.05) is 29.7 Å². The lowest BCUT2D eigenvalue weighted by Gasteiger charge is -2.16. The number of aliphatic hydroxyl groups excluding tert-OH is 1. The fourth-order valence-electron chi connectivity index (χ4n) is 1.42. The van der Waals surface area contributed by atoms with Crippen molar-refractivity contribution in [3.05, 3.63) is 40.1 Å². The summed E-state index contributed by atoms with van der Waals surface area (Å²) in [6, 6.07) is 4.51. The molecule has 1 aromatic rings. The third-order valence-electron chi connectivity index (χ3n) is 2.28. The van der Waals surface area contributed by atoms with Gasteiger partial charge in [0.25, 0.3) is 0 Å². The van der Waals surface area contributed by atoms with Gasteiger partial charge in [0.05, 0.1) is 6.10 Å². The van der Waals surface area contributed by atoms with Crippen LogP contribution in [-0.4, -0.2) is 35.6 Å². The Labute approximate surface area is 114 Å².